The monoisotopic (exact) mass is 337 g/mol. The van der Waals surface area contributed by atoms with Gasteiger partial charge >= 0.3 is 0 Å². The van der Waals surface area contributed by atoms with Gasteiger partial charge in [-0.25, -0.2) is 8.42 Å². The number of sulfone groups is 1. The van der Waals surface area contributed by atoms with Crippen LogP contribution in [0.1, 0.15) is 44.1 Å². The van der Waals surface area contributed by atoms with Crippen LogP contribution in [-0.2, 0) is 14.6 Å². The summed E-state index contributed by atoms with van der Waals surface area (Å²) in [5.41, 5.74) is 0. The van der Waals surface area contributed by atoms with Gasteiger partial charge < -0.3 is 9.32 Å². The molecule has 1 aromatic rings. The maximum absolute atomic E-state index is 12.4. The van der Waals surface area contributed by atoms with Gasteiger partial charge in [-0.1, -0.05) is 6.92 Å². The van der Waals surface area contributed by atoms with Crippen LogP contribution < -0.4 is 0 Å². The van der Waals surface area contributed by atoms with Crippen LogP contribution in [0.4, 0.5) is 0 Å². The molecule has 1 saturated carbocycles. The summed E-state index contributed by atoms with van der Waals surface area (Å²) in [6, 6.07) is 3.64. The number of nitrogens with zero attached hydrogens (tertiary/aromatic N) is 1. The van der Waals surface area contributed by atoms with Gasteiger partial charge in [-0.05, 0) is 43.9 Å². The van der Waals surface area contributed by atoms with Crippen LogP contribution in [0.5, 0.6) is 0 Å². The van der Waals surface area contributed by atoms with E-state index in [4.69, 9.17) is 4.42 Å². The average molecular weight is 337 g/mol. The van der Waals surface area contributed by atoms with Crippen LogP contribution in [0, 0.1) is 5.92 Å². The van der Waals surface area contributed by atoms with Gasteiger partial charge in [0.1, 0.15) is 11.5 Å². The summed E-state index contributed by atoms with van der Waals surface area (Å²) in [5, 5.41) is 0. The third-order valence-corrected chi connectivity index (χ3v) is 6.54. The van der Waals surface area contributed by atoms with Crippen LogP contribution >= 0.6 is 0 Å². The second-order valence-corrected chi connectivity index (χ2v) is 8.80. The summed E-state index contributed by atoms with van der Waals surface area (Å²) in [6.07, 6.45) is 4.84. The smallest absolute Gasteiger partial charge is 0.246 e. The van der Waals surface area contributed by atoms with E-state index in [-0.39, 0.29) is 23.5 Å². The van der Waals surface area contributed by atoms with Crippen molar-refractivity contribution >= 4 is 21.8 Å². The first-order chi connectivity index (χ1) is 10.9. The lowest BCUT2D eigenvalue weighted by atomic mass is 10.2. The number of carbonyl (C=O) groups is 1. The molecule has 126 valence electrons. The lowest BCUT2D eigenvalue weighted by Gasteiger charge is -2.25. The van der Waals surface area contributed by atoms with E-state index in [1.54, 1.807) is 11.0 Å². The van der Waals surface area contributed by atoms with Gasteiger partial charge in [0.15, 0.2) is 9.84 Å². The summed E-state index contributed by atoms with van der Waals surface area (Å²) in [4.78, 5) is 14.0. The van der Waals surface area contributed by atoms with Crippen molar-refractivity contribution in [3.05, 3.63) is 29.7 Å². The third-order valence-electron chi connectivity index (χ3n) is 4.79. The second-order valence-electron chi connectivity index (χ2n) is 6.57. The molecule has 3 rings (SSSR count). The van der Waals surface area contributed by atoms with Crippen molar-refractivity contribution in [1.29, 1.82) is 0 Å². The Hall–Kier alpha value is -1.56. The van der Waals surface area contributed by atoms with E-state index in [1.807, 2.05) is 19.1 Å². The van der Waals surface area contributed by atoms with Crippen molar-refractivity contribution in [2.75, 3.05) is 18.1 Å². The number of amides is 1. The van der Waals surface area contributed by atoms with Crippen molar-refractivity contribution in [2.24, 2.45) is 5.92 Å². The standard InChI is InChI=1S/C17H23NO4S/c1-3-18(13-8-9-23(20,21)11-13)17(19)7-5-14-4-6-16(22-14)15-10-12(15)2/h4-7,12-13,15H,3,8-11H2,1-2H3. The zero-order chi connectivity index (χ0) is 16.6. The Labute approximate surface area is 137 Å². The Bertz CT molecular complexity index is 719. The summed E-state index contributed by atoms with van der Waals surface area (Å²) >= 11 is 0. The minimum Gasteiger partial charge on any atom is -0.461 e. The molecule has 3 unspecified atom stereocenters. The quantitative estimate of drug-likeness (QED) is 0.774. The van der Waals surface area contributed by atoms with Crippen LogP contribution in [0.15, 0.2) is 22.6 Å². The molecular weight excluding hydrogens is 314 g/mol. The Balaban J connectivity index is 1.63. The fourth-order valence-electron chi connectivity index (χ4n) is 3.24. The first kappa shape index (κ1) is 16.3. The molecule has 0 radical (unpaired) electrons. The number of carbonyl (C=O) groups excluding carboxylic acids is 1. The lowest BCUT2D eigenvalue weighted by molar-refractivity contribution is -0.127. The first-order valence-electron chi connectivity index (χ1n) is 8.18. The molecule has 6 heteroatoms. The maximum Gasteiger partial charge on any atom is 0.246 e. The van der Waals surface area contributed by atoms with Gasteiger partial charge in [-0.3, -0.25) is 4.79 Å². The van der Waals surface area contributed by atoms with Gasteiger partial charge in [-0.2, -0.15) is 0 Å². The van der Waals surface area contributed by atoms with E-state index in [9.17, 15) is 13.2 Å². The molecule has 0 bridgehead atoms. The normalized spacial score (nSPS) is 29.0. The van der Waals surface area contributed by atoms with E-state index >= 15 is 0 Å². The second kappa shape index (κ2) is 6.15. The third kappa shape index (κ3) is 3.68. The van der Waals surface area contributed by atoms with Crippen molar-refractivity contribution in [3.8, 4) is 0 Å². The molecule has 0 spiro atoms. The number of likely N-dealkylation sites (N-methyl/N-ethyl adjacent to an activating group) is 1. The predicted octanol–water partition coefficient (Wildman–Crippen LogP) is 2.45. The van der Waals surface area contributed by atoms with Crippen LogP contribution in [0.2, 0.25) is 0 Å². The van der Waals surface area contributed by atoms with Crippen LogP contribution in [0.3, 0.4) is 0 Å². The predicted molar refractivity (Wildman–Crippen MR) is 88.7 cm³/mol. The van der Waals surface area contributed by atoms with Crippen molar-refractivity contribution in [2.45, 2.75) is 38.6 Å². The summed E-state index contributed by atoms with van der Waals surface area (Å²) in [7, 11) is -2.99. The van der Waals surface area contributed by atoms with Gasteiger partial charge in [0.25, 0.3) is 0 Å². The van der Waals surface area contributed by atoms with Crippen molar-refractivity contribution in [1.82, 2.24) is 4.90 Å². The zero-order valence-electron chi connectivity index (χ0n) is 13.6. The SMILES string of the molecule is CCN(C(=O)C=Cc1ccc(C2CC2C)o1)C1CCS(=O)(=O)C1. The van der Waals surface area contributed by atoms with Gasteiger partial charge in [-0.15, -0.1) is 0 Å². The van der Waals surface area contributed by atoms with Gasteiger partial charge in [0.2, 0.25) is 5.91 Å². The molecule has 5 nitrogen and oxygen atoms in total. The van der Waals surface area contributed by atoms with Crippen LogP contribution in [-0.4, -0.2) is 43.3 Å². The van der Waals surface area contributed by atoms with E-state index in [1.165, 1.54) is 6.08 Å². The Morgan fingerprint density at radius 2 is 2.17 bits per heavy atom. The number of furan rings is 1. The molecule has 0 N–H and O–H groups in total. The molecule has 1 aliphatic heterocycles. The molecule has 1 aliphatic carbocycles. The molecule has 23 heavy (non-hydrogen) atoms. The fraction of sp³-hybridized carbons (Fsp3) is 0.588. The summed E-state index contributed by atoms with van der Waals surface area (Å²) in [5.74, 6) is 2.94. The topological polar surface area (TPSA) is 67.6 Å². The number of hydrogen-bond acceptors (Lipinski definition) is 4. The van der Waals surface area contributed by atoms with E-state index in [2.05, 4.69) is 6.92 Å². The minimum absolute atomic E-state index is 0.0743. The number of hydrogen-bond donors (Lipinski definition) is 0. The molecule has 3 atom stereocenters. The Morgan fingerprint density at radius 3 is 2.74 bits per heavy atom. The minimum atomic E-state index is -2.99. The van der Waals surface area contributed by atoms with Crippen molar-refractivity contribution < 1.29 is 17.6 Å². The first-order valence-corrected chi connectivity index (χ1v) is 10.0. The lowest BCUT2D eigenvalue weighted by Crippen LogP contribution is -2.39. The Morgan fingerprint density at radius 1 is 1.43 bits per heavy atom. The molecule has 2 aliphatic rings. The van der Waals surface area contributed by atoms with Gasteiger partial charge in [0, 0.05) is 24.6 Å². The molecule has 0 aromatic carbocycles. The molecular formula is C17H23NO4S. The van der Waals surface area contributed by atoms with E-state index in [0.717, 1.165) is 12.2 Å². The van der Waals surface area contributed by atoms with E-state index < -0.39 is 9.84 Å². The highest BCUT2D eigenvalue weighted by Gasteiger charge is 2.36. The van der Waals surface area contributed by atoms with Crippen LogP contribution in [0.25, 0.3) is 6.08 Å². The highest BCUT2D eigenvalue weighted by atomic mass is 32.2. The number of rotatable bonds is 5. The molecule has 2 heterocycles. The average Bonchev–Trinajstić information content (AvgIpc) is 2.90. The molecule has 1 aromatic heterocycles. The largest absolute Gasteiger partial charge is 0.461 e. The maximum atomic E-state index is 12.4. The fourth-order valence-corrected chi connectivity index (χ4v) is 4.97. The van der Waals surface area contributed by atoms with E-state index in [0.29, 0.717) is 30.6 Å². The highest BCUT2D eigenvalue weighted by Crippen LogP contribution is 2.47. The highest BCUT2D eigenvalue weighted by molar-refractivity contribution is 7.91. The Kier molecular flexibility index (Phi) is 4.36. The summed E-state index contributed by atoms with van der Waals surface area (Å²) < 4.78 is 28.9. The molecule has 1 amide bonds. The molecule has 2 fully saturated rings. The molecule has 1 saturated heterocycles. The van der Waals surface area contributed by atoms with Crippen molar-refractivity contribution in [3.63, 3.8) is 0 Å². The zero-order valence-corrected chi connectivity index (χ0v) is 14.4. The summed E-state index contributed by atoms with van der Waals surface area (Å²) in [6.45, 7) is 4.57. The van der Waals surface area contributed by atoms with Gasteiger partial charge in [0.05, 0.1) is 11.5 Å².